The topological polar surface area (TPSA) is 58.6 Å². The van der Waals surface area contributed by atoms with Gasteiger partial charge in [0.05, 0.1) is 13.2 Å². The Hall–Kier alpha value is -2.82. The summed E-state index contributed by atoms with van der Waals surface area (Å²) in [7, 11) is 0. The number of carbonyl (C=O) groups is 2. The molecule has 0 saturated heterocycles. The molecule has 2 aromatic carbocycles. The molecule has 0 spiro atoms. The maximum Gasteiger partial charge on any atom is 0.251 e. The Morgan fingerprint density at radius 3 is 2.33 bits per heavy atom. The smallest absolute Gasteiger partial charge is 0.251 e. The summed E-state index contributed by atoms with van der Waals surface area (Å²) in [4.78, 5) is 26.8. The van der Waals surface area contributed by atoms with Crippen molar-refractivity contribution in [2.45, 2.75) is 39.3 Å². The summed E-state index contributed by atoms with van der Waals surface area (Å²) >= 11 is 0. The van der Waals surface area contributed by atoms with E-state index in [1.54, 1.807) is 24.3 Å². The molecule has 1 saturated carbocycles. The Labute approximate surface area is 160 Å². The third-order valence-corrected chi connectivity index (χ3v) is 4.61. The van der Waals surface area contributed by atoms with Crippen molar-refractivity contribution in [2.24, 2.45) is 0 Å². The number of hydrogen-bond acceptors (Lipinski definition) is 3. The van der Waals surface area contributed by atoms with Crippen LogP contribution in [0.25, 0.3) is 0 Å². The molecule has 1 aliphatic rings. The number of nitrogens with one attached hydrogen (secondary N) is 1. The second-order valence-electron chi connectivity index (χ2n) is 6.88. The average molecular weight is 366 g/mol. The summed E-state index contributed by atoms with van der Waals surface area (Å²) in [6.07, 6.45) is 2.06. The van der Waals surface area contributed by atoms with Crippen LogP contribution in [-0.4, -0.2) is 35.9 Å². The van der Waals surface area contributed by atoms with E-state index in [4.69, 9.17) is 4.74 Å². The number of carbonyl (C=O) groups excluding carboxylic acids is 2. The Balaban J connectivity index is 1.55. The van der Waals surface area contributed by atoms with Crippen LogP contribution in [0.15, 0.2) is 48.5 Å². The minimum Gasteiger partial charge on any atom is -0.494 e. The van der Waals surface area contributed by atoms with E-state index < -0.39 is 0 Å². The van der Waals surface area contributed by atoms with E-state index in [9.17, 15) is 9.59 Å². The van der Waals surface area contributed by atoms with Crippen LogP contribution in [0.5, 0.6) is 5.75 Å². The van der Waals surface area contributed by atoms with Gasteiger partial charge in [-0.1, -0.05) is 29.8 Å². The van der Waals surface area contributed by atoms with Crippen LogP contribution in [0.3, 0.4) is 0 Å². The van der Waals surface area contributed by atoms with Gasteiger partial charge in [-0.2, -0.15) is 0 Å². The normalized spacial score (nSPS) is 13.1. The van der Waals surface area contributed by atoms with Gasteiger partial charge < -0.3 is 15.0 Å². The standard InChI is InChI=1S/C22H26N2O3/c1-3-27-20-12-8-18(9-13-20)22(26)23-14-21(25)24(19-10-11-19)15-17-6-4-16(2)5-7-17/h4-9,12-13,19H,3,10-11,14-15H2,1-2H3,(H,23,26). The molecule has 3 rings (SSSR count). The summed E-state index contributed by atoms with van der Waals surface area (Å²) in [5.41, 5.74) is 2.83. The molecule has 0 radical (unpaired) electrons. The van der Waals surface area contributed by atoms with Crippen molar-refractivity contribution >= 4 is 11.8 Å². The molecule has 0 aliphatic heterocycles. The predicted octanol–water partition coefficient (Wildman–Crippen LogP) is 3.31. The quantitative estimate of drug-likeness (QED) is 0.780. The lowest BCUT2D eigenvalue weighted by molar-refractivity contribution is -0.131. The summed E-state index contributed by atoms with van der Waals surface area (Å²) < 4.78 is 5.37. The molecule has 5 heteroatoms. The van der Waals surface area contributed by atoms with Gasteiger partial charge in [0.1, 0.15) is 5.75 Å². The molecule has 0 heterocycles. The number of ether oxygens (including phenoxy) is 1. The van der Waals surface area contributed by atoms with Crippen LogP contribution in [0.4, 0.5) is 0 Å². The summed E-state index contributed by atoms with van der Waals surface area (Å²) in [6, 6.07) is 15.4. The van der Waals surface area contributed by atoms with Crippen molar-refractivity contribution in [1.29, 1.82) is 0 Å². The molecule has 5 nitrogen and oxygen atoms in total. The van der Waals surface area contributed by atoms with E-state index in [2.05, 4.69) is 29.6 Å². The van der Waals surface area contributed by atoms with Gasteiger partial charge in [0, 0.05) is 18.2 Å². The maximum atomic E-state index is 12.7. The number of benzene rings is 2. The van der Waals surface area contributed by atoms with Gasteiger partial charge in [0.15, 0.2) is 0 Å². The van der Waals surface area contributed by atoms with Crippen LogP contribution in [0, 0.1) is 6.92 Å². The zero-order valence-corrected chi connectivity index (χ0v) is 15.9. The van der Waals surface area contributed by atoms with Crippen molar-refractivity contribution in [3.63, 3.8) is 0 Å². The minimum atomic E-state index is -0.252. The minimum absolute atomic E-state index is 0.00834. The maximum absolute atomic E-state index is 12.7. The number of amides is 2. The van der Waals surface area contributed by atoms with E-state index in [1.807, 2.05) is 18.7 Å². The van der Waals surface area contributed by atoms with Crippen LogP contribution >= 0.6 is 0 Å². The summed E-state index contributed by atoms with van der Waals surface area (Å²) in [5.74, 6) is 0.429. The first-order chi connectivity index (χ1) is 13.1. The van der Waals surface area contributed by atoms with E-state index in [0.717, 1.165) is 24.2 Å². The fourth-order valence-corrected chi connectivity index (χ4v) is 2.93. The van der Waals surface area contributed by atoms with Gasteiger partial charge in [-0.3, -0.25) is 9.59 Å². The van der Waals surface area contributed by atoms with Gasteiger partial charge >= 0.3 is 0 Å². The van der Waals surface area contributed by atoms with Crippen LogP contribution in [-0.2, 0) is 11.3 Å². The molecule has 1 fully saturated rings. The third-order valence-electron chi connectivity index (χ3n) is 4.61. The predicted molar refractivity (Wildman–Crippen MR) is 105 cm³/mol. The molecule has 1 aliphatic carbocycles. The second kappa shape index (κ2) is 8.71. The molecule has 1 N–H and O–H groups in total. The lowest BCUT2D eigenvalue weighted by Crippen LogP contribution is -2.41. The Morgan fingerprint density at radius 1 is 1.07 bits per heavy atom. The molecule has 0 atom stereocenters. The molecule has 0 aromatic heterocycles. The van der Waals surface area contributed by atoms with Crippen molar-refractivity contribution in [3.8, 4) is 5.75 Å². The Bertz CT molecular complexity index is 780. The molecular formula is C22H26N2O3. The molecule has 2 amide bonds. The fourth-order valence-electron chi connectivity index (χ4n) is 2.93. The highest BCUT2D eigenvalue weighted by molar-refractivity contribution is 5.96. The van der Waals surface area contributed by atoms with Crippen molar-refractivity contribution in [2.75, 3.05) is 13.2 Å². The van der Waals surface area contributed by atoms with Crippen molar-refractivity contribution in [1.82, 2.24) is 10.2 Å². The lowest BCUT2D eigenvalue weighted by atomic mass is 10.1. The number of rotatable bonds is 8. The third kappa shape index (κ3) is 5.33. The van der Waals surface area contributed by atoms with Gasteiger partial charge in [-0.15, -0.1) is 0 Å². The van der Waals surface area contributed by atoms with Crippen molar-refractivity contribution < 1.29 is 14.3 Å². The van der Waals surface area contributed by atoms with Gasteiger partial charge in [-0.05, 0) is 56.5 Å². The monoisotopic (exact) mass is 366 g/mol. The summed E-state index contributed by atoms with van der Waals surface area (Å²) in [5, 5.41) is 2.74. The van der Waals surface area contributed by atoms with Gasteiger partial charge in [-0.25, -0.2) is 0 Å². The highest BCUT2D eigenvalue weighted by atomic mass is 16.5. The fraction of sp³-hybridized carbons (Fsp3) is 0.364. The first-order valence-electron chi connectivity index (χ1n) is 9.43. The van der Waals surface area contributed by atoms with E-state index in [0.29, 0.717) is 24.8 Å². The van der Waals surface area contributed by atoms with Gasteiger partial charge in [0.2, 0.25) is 5.91 Å². The zero-order valence-electron chi connectivity index (χ0n) is 15.9. The highest BCUT2D eigenvalue weighted by Gasteiger charge is 2.32. The molecule has 142 valence electrons. The van der Waals surface area contributed by atoms with Crippen LogP contribution < -0.4 is 10.1 Å². The van der Waals surface area contributed by atoms with E-state index >= 15 is 0 Å². The zero-order chi connectivity index (χ0) is 19.2. The Kier molecular flexibility index (Phi) is 6.12. The first-order valence-corrected chi connectivity index (χ1v) is 9.43. The first kappa shape index (κ1) is 19.0. The molecule has 27 heavy (non-hydrogen) atoms. The van der Waals surface area contributed by atoms with Crippen molar-refractivity contribution in [3.05, 3.63) is 65.2 Å². The SMILES string of the molecule is CCOc1ccc(C(=O)NCC(=O)N(Cc2ccc(C)cc2)C2CC2)cc1. The lowest BCUT2D eigenvalue weighted by Gasteiger charge is -2.23. The van der Waals surface area contributed by atoms with E-state index in [1.165, 1.54) is 5.56 Å². The number of aryl methyl sites for hydroxylation is 1. The summed E-state index contributed by atoms with van der Waals surface area (Å²) in [6.45, 7) is 5.13. The van der Waals surface area contributed by atoms with E-state index in [-0.39, 0.29) is 18.4 Å². The van der Waals surface area contributed by atoms with Crippen LogP contribution in [0.2, 0.25) is 0 Å². The van der Waals surface area contributed by atoms with Gasteiger partial charge in [0.25, 0.3) is 5.91 Å². The molecular weight excluding hydrogens is 340 g/mol. The molecule has 0 unspecified atom stereocenters. The molecule has 0 bridgehead atoms. The highest BCUT2D eigenvalue weighted by Crippen LogP contribution is 2.28. The van der Waals surface area contributed by atoms with Crippen LogP contribution in [0.1, 0.15) is 41.3 Å². The Morgan fingerprint density at radius 2 is 1.74 bits per heavy atom. The second-order valence-corrected chi connectivity index (χ2v) is 6.88. The molecule has 2 aromatic rings. The number of hydrogen-bond donors (Lipinski definition) is 1. The largest absolute Gasteiger partial charge is 0.494 e. The number of nitrogens with zero attached hydrogens (tertiary/aromatic N) is 1. The average Bonchev–Trinajstić information content (AvgIpc) is 3.51.